The Morgan fingerprint density at radius 1 is 1.07 bits per heavy atom. The van der Waals surface area contributed by atoms with Crippen LogP contribution in [0, 0.1) is 5.92 Å². The normalized spacial score (nSPS) is 25.7. The number of hydrogen-bond donors (Lipinski definition) is 3. The molecule has 7 heteroatoms. The summed E-state index contributed by atoms with van der Waals surface area (Å²) < 4.78 is 0. The van der Waals surface area contributed by atoms with E-state index in [4.69, 9.17) is 0 Å². The monoisotopic (exact) mass is 364 g/mol. The number of fused-ring (bicyclic) bond motifs is 1. The van der Waals surface area contributed by atoms with Crippen molar-refractivity contribution in [1.29, 1.82) is 0 Å². The summed E-state index contributed by atoms with van der Waals surface area (Å²) in [5, 5.41) is 14.9. The van der Waals surface area contributed by atoms with Crippen LogP contribution in [0.3, 0.4) is 0 Å². The third-order valence-electron chi connectivity index (χ3n) is 4.88. The third-order valence-corrected chi connectivity index (χ3v) is 4.88. The minimum atomic E-state index is -0.774. The van der Waals surface area contributed by atoms with Gasteiger partial charge < -0.3 is 10.5 Å². The number of aromatic nitrogens is 1. The summed E-state index contributed by atoms with van der Waals surface area (Å²) in [7, 11) is 0. The van der Waals surface area contributed by atoms with Crippen LogP contribution >= 0.6 is 0 Å². The van der Waals surface area contributed by atoms with Gasteiger partial charge in [-0.05, 0) is 17.7 Å². The molecule has 138 valence electrons. The molecule has 2 aliphatic rings. The number of pyridine rings is 1. The summed E-state index contributed by atoms with van der Waals surface area (Å²) in [6, 6.07) is 13.8. The van der Waals surface area contributed by atoms with Crippen molar-refractivity contribution in [2.75, 3.05) is 5.43 Å². The summed E-state index contributed by atoms with van der Waals surface area (Å²) in [5.74, 6) is -0.760. The van der Waals surface area contributed by atoms with Gasteiger partial charge in [-0.1, -0.05) is 48.6 Å². The number of benzene rings is 1. The molecule has 27 heavy (non-hydrogen) atoms. The van der Waals surface area contributed by atoms with Gasteiger partial charge in [0.15, 0.2) is 0 Å². The largest absolute Gasteiger partial charge is 0.391 e. The Labute approximate surface area is 156 Å². The molecule has 1 aromatic carbocycles. The summed E-state index contributed by atoms with van der Waals surface area (Å²) in [5.41, 5.74) is 4.11. The second-order valence-electron chi connectivity index (χ2n) is 6.69. The van der Waals surface area contributed by atoms with Gasteiger partial charge in [-0.25, -0.2) is 4.98 Å². The Kier molecular flexibility index (Phi) is 4.70. The molecule has 2 aliphatic heterocycles. The molecule has 4 atom stereocenters. The fourth-order valence-corrected chi connectivity index (χ4v) is 3.58. The van der Waals surface area contributed by atoms with Crippen LogP contribution in [0.1, 0.15) is 5.56 Å². The van der Waals surface area contributed by atoms with Crippen LogP contribution in [-0.2, 0) is 16.0 Å². The number of anilines is 1. The molecule has 3 N–H and O–H groups in total. The molecule has 0 saturated carbocycles. The summed E-state index contributed by atoms with van der Waals surface area (Å²) in [4.78, 5) is 28.7. The maximum Gasteiger partial charge on any atom is 0.246 e. The summed E-state index contributed by atoms with van der Waals surface area (Å²) in [6.45, 7) is 0. The molecular weight excluding hydrogens is 344 g/mol. The van der Waals surface area contributed by atoms with E-state index in [1.54, 1.807) is 35.5 Å². The van der Waals surface area contributed by atoms with E-state index in [0.717, 1.165) is 5.56 Å². The smallest absolute Gasteiger partial charge is 0.246 e. The first-order valence-corrected chi connectivity index (χ1v) is 8.84. The summed E-state index contributed by atoms with van der Waals surface area (Å²) >= 11 is 0. The molecule has 0 bridgehead atoms. The van der Waals surface area contributed by atoms with E-state index in [-0.39, 0.29) is 11.8 Å². The average molecular weight is 364 g/mol. The molecule has 1 aromatic heterocycles. The van der Waals surface area contributed by atoms with Crippen molar-refractivity contribution in [2.45, 2.75) is 24.6 Å². The standard InChI is InChI=1S/C20H20N4O3/c25-16(12-13-6-2-1-3-7-13)15-10-9-14-18(20(27)22-19(14)26)24(15)23-17-8-4-5-11-21-17/h1-11,14-16,18,25H,12H2,(H,21,23)(H,22,26,27). The van der Waals surface area contributed by atoms with Gasteiger partial charge in [-0.15, -0.1) is 0 Å². The van der Waals surface area contributed by atoms with Gasteiger partial charge in [0, 0.05) is 12.6 Å². The van der Waals surface area contributed by atoms with E-state index in [0.29, 0.717) is 12.2 Å². The fourth-order valence-electron chi connectivity index (χ4n) is 3.58. The van der Waals surface area contributed by atoms with Crippen molar-refractivity contribution < 1.29 is 14.7 Å². The second kappa shape index (κ2) is 7.30. The lowest BCUT2D eigenvalue weighted by Crippen LogP contribution is -2.57. The van der Waals surface area contributed by atoms with Gasteiger partial charge in [-0.3, -0.25) is 14.9 Å². The lowest BCUT2D eigenvalue weighted by molar-refractivity contribution is -0.126. The third kappa shape index (κ3) is 3.47. The number of hydrogen-bond acceptors (Lipinski definition) is 6. The first-order chi connectivity index (χ1) is 13.1. The van der Waals surface area contributed by atoms with Gasteiger partial charge in [0.05, 0.1) is 18.1 Å². The topological polar surface area (TPSA) is 94.6 Å². The zero-order chi connectivity index (χ0) is 18.8. The Hall–Kier alpha value is -3.03. The Bertz CT molecular complexity index is 856. The molecule has 7 nitrogen and oxygen atoms in total. The van der Waals surface area contributed by atoms with Gasteiger partial charge in [-0.2, -0.15) is 5.01 Å². The Morgan fingerprint density at radius 2 is 1.85 bits per heavy atom. The first-order valence-electron chi connectivity index (χ1n) is 8.84. The van der Waals surface area contributed by atoms with Crippen molar-refractivity contribution >= 4 is 17.6 Å². The minimum Gasteiger partial charge on any atom is -0.391 e. The van der Waals surface area contributed by atoms with Crippen LogP contribution in [0.4, 0.5) is 5.82 Å². The van der Waals surface area contributed by atoms with E-state index in [1.807, 2.05) is 36.4 Å². The number of carbonyl (C=O) groups is 2. The van der Waals surface area contributed by atoms with E-state index < -0.39 is 24.1 Å². The number of nitrogens with one attached hydrogen (secondary N) is 2. The van der Waals surface area contributed by atoms with Crippen molar-refractivity contribution in [3.05, 3.63) is 72.4 Å². The molecular formula is C20H20N4O3. The lowest BCUT2D eigenvalue weighted by atomic mass is 9.91. The van der Waals surface area contributed by atoms with Gasteiger partial charge in [0.2, 0.25) is 11.8 Å². The molecule has 1 fully saturated rings. The number of carbonyl (C=O) groups excluding carboxylic acids is 2. The molecule has 1 saturated heterocycles. The lowest BCUT2D eigenvalue weighted by Gasteiger charge is -2.40. The number of imide groups is 1. The average Bonchev–Trinajstić information content (AvgIpc) is 2.98. The maximum atomic E-state index is 12.4. The molecule has 3 heterocycles. The SMILES string of the molecule is O=C1NC(=O)C2C1C=CC(C(O)Cc1ccccc1)N2Nc1ccccn1. The fraction of sp³-hybridized carbons (Fsp3) is 0.250. The molecule has 2 aromatic rings. The van der Waals surface area contributed by atoms with Gasteiger partial charge >= 0.3 is 0 Å². The van der Waals surface area contributed by atoms with Crippen molar-refractivity contribution in [3.63, 3.8) is 0 Å². The zero-order valence-electron chi connectivity index (χ0n) is 14.5. The molecule has 2 amide bonds. The van der Waals surface area contributed by atoms with Crippen LogP contribution in [0.2, 0.25) is 0 Å². The van der Waals surface area contributed by atoms with Gasteiger partial charge in [0.1, 0.15) is 11.9 Å². The van der Waals surface area contributed by atoms with Gasteiger partial charge in [0.25, 0.3) is 0 Å². The summed E-state index contributed by atoms with van der Waals surface area (Å²) in [6.07, 6.45) is 4.77. The molecule has 0 spiro atoms. The van der Waals surface area contributed by atoms with Crippen LogP contribution in [0.25, 0.3) is 0 Å². The number of hydrazine groups is 1. The quantitative estimate of drug-likeness (QED) is 0.539. The van der Waals surface area contributed by atoms with E-state index in [9.17, 15) is 14.7 Å². The number of aliphatic hydroxyl groups is 1. The van der Waals surface area contributed by atoms with Crippen LogP contribution in [-0.4, -0.2) is 45.1 Å². The number of rotatable bonds is 5. The van der Waals surface area contributed by atoms with E-state index in [2.05, 4.69) is 15.7 Å². The molecule has 4 rings (SSSR count). The van der Waals surface area contributed by atoms with Crippen LogP contribution < -0.4 is 10.7 Å². The highest BCUT2D eigenvalue weighted by atomic mass is 16.3. The number of nitrogens with zero attached hydrogens (tertiary/aromatic N) is 2. The van der Waals surface area contributed by atoms with Crippen molar-refractivity contribution in [3.8, 4) is 0 Å². The number of amides is 2. The first kappa shape index (κ1) is 17.4. The zero-order valence-corrected chi connectivity index (χ0v) is 14.5. The van der Waals surface area contributed by atoms with Crippen molar-refractivity contribution in [2.24, 2.45) is 5.92 Å². The molecule has 4 unspecified atom stereocenters. The Morgan fingerprint density at radius 3 is 2.59 bits per heavy atom. The predicted octanol–water partition coefficient (Wildman–Crippen LogP) is 0.894. The number of aliphatic hydroxyl groups excluding tert-OH is 1. The van der Waals surface area contributed by atoms with Crippen LogP contribution in [0.5, 0.6) is 0 Å². The highest BCUT2D eigenvalue weighted by Crippen LogP contribution is 2.29. The highest BCUT2D eigenvalue weighted by molar-refractivity contribution is 6.08. The van der Waals surface area contributed by atoms with E-state index >= 15 is 0 Å². The molecule has 0 aliphatic carbocycles. The van der Waals surface area contributed by atoms with Crippen molar-refractivity contribution in [1.82, 2.24) is 15.3 Å². The highest BCUT2D eigenvalue weighted by Gasteiger charge is 2.49. The van der Waals surface area contributed by atoms with E-state index in [1.165, 1.54) is 0 Å². The maximum absolute atomic E-state index is 12.4. The predicted molar refractivity (Wildman–Crippen MR) is 99.2 cm³/mol. The second-order valence-corrected chi connectivity index (χ2v) is 6.69. The Balaban J connectivity index is 1.63. The molecule has 0 radical (unpaired) electrons. The van der Waals surface area contributed by atoms with Crippen LogP contribution in [0.15, 0.2) is 66.9 Å². The minimum absolute atomic E-state index is 0.329.